The molecule has 3 aromatic rings. The molecule has 0 unspecified atom stereocenters. The molecule has 8 N–H and O–H groups in total. The normalized spacial score (nSPS) is 10.7. The van der Waals surface area contributed by atoms with Crippen molar-refractivity contribution in [3.63, 3.8) is 0 Å². The molecule has 5 nitrogen and oxygen atoms in total. The van der Waals surface area contributed by atoms with E-state index in [0.29, 0.717) is 5.69 Å². The van der Waals surface area contributed by atoms with Crippen molar-refractivity contribution < 1.29 is 0 Å². The highest BCUT2D eigenvalue weighted by Crippen LogP contribution is 2.37. The van der Waals surface area contributed by atoms with E-state index in [4.69, 9.17) is 17.2 Å². The molecule has 0 aliphatic carbocycles. The third-order valence-corrected chi connectivity index (χ3v) is 5.23. The van der Waals surface area contributed by atoms with Crippen LogP contribution < -0.4 is 27.8 Å². The van der Waals surface area contributed by atoms with Crippen molar-refractivity contribution in [2.24, 2.45) is 5.73 Å². The van der Waals surface area contributed by atoms with Crippen LogP contribution in [-0.4, -0.2) is 26.2 Å². The van der Waals surface area contributed by atoms with E-state index in [-0.39, 0.29) is 0 Å². The minimum Gasteiger partial charge on any atom is -0.399 e. The second-order valence-electron chi connectivity index (χ2n) is 7.63. The summed E-state index contributed by atoms with van der Waals surface area (Å²) in [6, 6.07) is 22.1. The Kier molecular flexibility index (Phi) is 8.10. The Balaban J connectivity index is 1.85. The van der Waals surface area contributed by atoms with E-state index in [2.05, 4.69) is 41.5 Å². The van der Waals surface area contributed by atoms with Gasteiger partial charge in [-0.25, -0.2) is 0 Å². The lowest BCUT2D eigenvalue weighted by atomic mass is 9.90. The van der Waals surface area contributed by atoms with Crippen molar-refractivity contribution in [3.8, 4) is 11.1 Å². The molecule has 0 aliphatic heterocycles. The second kappa shape index (κ2) is 11.2. The van der Waals surface area contributed by atoms with Gasteiger partial charge >= 0.3 is 0 Å². The molecule has 0 saturated carbocycles. The van der Waals surface area contributed by atoms with Gasteiger partial charge in [0.05, 0.1) is 0 Å². The van der Waals surface area contributed by atoms with E-state index in [1.165, 1.54) is 0 Å². The molecule has 162 valence electrons. The van der Waals surface area contributed by atoms with Gasteiger partial charge in [-0.05, 0) is 79.0 Å². The van der Waals surface area contributed by atoms with Gasteiger partial charge in [0.1, 0.15) is 0 Å². The lowest BCUT2D eigenvalue weighted by molar-refractivity contribution is 0.637. The summed E-state index contributed by atoms with van der Waals surface area (Å²) in [4.78, 5) is 0. The number of nitrogens with one attached hydrogen (secondary N) is 2. The Bertz CT molecular complexity index is 998. The Morgan fingerprint density at radius 1 is 0.774 bits per heavy atom. The molecular formula is C26H33N5. The average Bonchev–Trinajstić information content (AvgIpc) is 2.79. The van der Waals surface area contributed by atoms with Gasteiger partial charge in [0.25, 0.3) is 0 Å². The smallest absolute Gasteiger partial charge is 0.0440 e. The number of nitrogens with two attached hydrogens (primary N) is 3. The fraction of sp³-hybridized carbons (Fsp3) is 0.231. The molecule has 0 heterocycles. The van der Waals surface area contributed by atoms with Crippen LogP contribution >= 0.6 is 0 Å². The summed E-state index contributed by atoms with van der Waals surface area (Å²) >= 11 is 0. The van der Waals surface area contributed by atoms with Gasteiger partial charge in [0, 0.05) is 29.2 Å². The van der Waals surface area contributed by atoms with E-state index >= 15 is 0 Å². The zero-order valence-electron chi connectivity index (χ0n) is 18.0. The van der Waals surface area contributed by atoms with Crippen LogP contribution in [0.1, 0.15) is 24.0 Å². The first-order valence-corrected chi connectivity index (χ1v) is 10.8. The number of anilines is 3. The number of benzene rings is 3. The van der Waals surface area contributed by atoms with Crippen LogP contribution in [0.25, 0.3) is 16.7 Å². The predicted molar refractivity (Wildman–Crippen MR) is 135 cm³/mol. The van der Waals surface area contributed by atoms with E-state index < -0.39 is 0 Å². The lowest BCUT2D eigenvalue weighted by Crippen LogP contribution is -2.21. The van der Waals surface area contributed by atoms with Gasteiger partial charge in [-0.2, -0.15) is 0 Å². The number of hydrogen-bond acceptors (Lipinski definition) is 5. The minimum absolute atomic E-state index is 0.712. The summed E-state index contributed by atoms with van der Waals surface area (Å²) in [5, 5.41) is 6.97. The molecule has 0 radical (unpaired) electrons. The van der Waals surface area contributed by atoms with Gasteiger partial charge in [-0.1, -0.05) is 49.0 Å². The first-order chi connectivity index (χ1) is 15.1. The maximum absolute atomic E-state index is 6.14. The van der Waals surface area contributed by atoms with Gasteiger partial charge in [-0.15, -0.1) is 0 Å². The molecule has 0 fully saturated rings. The Hall–Kier alpha value is -3.28. The highest BCUT2D eigenvalue weighted by Gasteiger charge is 2.14. The summed E-state index contributed by atoms with van der Waals surface area (Å²) in [6.45, 7) is 7.83. The predicted octanol–water partition coefficient (Wildman–Crippen LogP) is 4.32. The highest BCUT2D eigenvalue weighted by molar-refractivity contribution is 5.93. The SMILES string of the molecule is C=C(c1ccccc1)c1cc(N)ccc1-c1ccc(N)cc1NCCCNCCCN. The average molecular weight is 416 g/mol. The fourth-order valence-corrected chi connectivity index (χ4v) is 3.57. The first-order valence-electron chi connectivity index (χ1n) is 10.8. The van der Waals surface area contributed by atoms with Crippen molar-refractivity contribution in [3.05, 3.63) is 84.4 Å². The van der Waals surface area contributed by atoms with E-state index in [9.17, 15) is 0 Å². The molecule has 5 heteroatoms. The van der Waals surface area contributed by atoms with Gasteiger partial charge in [-0.3, -0.25) is 0 Å². The molecule has 0 spiro atoms. The van der Waals surface area contributed by atoms with Crippen molar-refractivity contribution in [2.75, 3.05) is 43.0 Å². The zero-order chi connectivity index (χ0) is 22.1. The van der Waals surface area contributed by atoms with Gasteiger partial charge < -0.3 is 27.8 Å². The fourth-order valence-electron chi connectivity index (χ4n) is 3.57. The molecule has 0 aromatic heterocycles. The van der Waals surface area contributed by atoms with E-state index in [1.807, 2.05) is 42.5 Å². The van der Waals surface area contributed by atoms with E-state index in [1.54, 1.807) is 0 Å². The van der Waals surface area contributed by atoms with Crippen LogP contribution in [0, 0.1) is 0 Å². The van der Waals surface area contributed by atoms with Crippen LogP contribution in [-0.2, 0) is 0 Å². The monoisotopic (exact) mass is 415 g/mol. The second-order valence-corrected chi connectivity index (χ2v) is 7.63. The number of rotatable bonds is 11. The highest BCUT2D eigenvalue weighted by atomic mass is 14.9. The number of hydrogen-bond donors (Lipinski definition) is 5. The molecule has 0 atom stereocenters. The van der Waals surface area contributed by atoms with Crippen LogP contribution in [0.2, 0.25) is 0 Å². The minimum atomic E-state index is 0.712. The maximum atomic E-state index is 6.14. The molecule has 0 aliphatic rings. The summed E-state index contributed by atoms with van der Waals surface area (Å²) in [5.74, 6) is 0. The summed E-state index contributed by atoms with van der Waals surface area (Å²) in [7, 11) is 0. The summed E-state index contributed by atoms with van der Waals surface area (Å²) in [5.41, 5.74) is 25.4. The Labute approximate surface area is 185 Å². The van der Waals surface area contributed by atoms with Gasteiger partial charge in [0.15, 0.2) is 0 Å². The third-order valence-electron chi connectivity index (χ3n) is 5.23. The molecule has 0 amide bonds. The third kappa shape index (κ3) is 6.10. The molecule has 0 bridgehead atoms. The largest absolute Gasteiger partial charge is 0.399 e. The molecular weight excluding hydrogens is 382 g/mol. The van der Waals surface area contributed by atoms with E-state index in [0.717, 1.165) is 78.2 Å². The quantitative estimate of drug-likeness (QED) is 0.237. The van der Waals surface area contributed by atoms with Crippen molar-refractivity contribution in [1.29, 1.82) is 0 Å². The summed E-state index contributed by atoms with van der Waals surface area (Å²) in [6.07, 6.45) is 2.00. The molecule has 0 saturated heterocycles. The summed E-state index contributed by atoms with van der Waals surface area (Å²) < 4.78 is 0. The van der Waals surface area contributed by atoms with Crippen LogP contribution in [0.15, 0.2) is 73.3 Å². The number of nitrogen functional groups attached to an aromatic ring is 2. The topological polar surface area (TPSA) is 102 Å². The van der Waals surface area contributed by atoms with Gasteiger partial charge in [0.2, 0.25) is 0 Å². The zero-order valence-corrected chi connectivity index (χ0v) is 18.0. The van der Waals surface area contributed by atoms with Crippen LogP contribution in [0.5, 0.6) is 0 Å². The molecule has 31 heavy (non-hydrogen) atoms. The van der Waals surface area contributed by atoms with Crippen molar-refractivity contribution in [2.45, 2.75) is 12.8 Å². The van der Waals surface area contributed by atoms with Crippen LogP contribution in [0.4, 0.5) is 17.1 Å². The van der Waals surface area contributed by atoms with Crippen molar-refractivity contribution in [1.82, 2.24) is 5.32 Å². The Morgan fingerprint density at radius 2 is 1.45 bits per heavy atom. The first kappa shape index (κ1) is 22.4. The molecule has 3 rings (SSSR count). The lowest BCUT2D eigenvalue weighted by Gasteiger charge is -2.18. The van der Waals surface area contributed by atoms with Crippen LogP contribution in [0.3, 0.4) is 0 Å². The standard InChI is InChI=1S/C26H33N5/c1-19(20-7-3-2-4-8-20)25-17-21(28)9-11-23(25)24-12-10-22(29)18-26(24)31-16-6-15-30-14-5-13-27/h2-4,7-12,17-18,30-31H,1,5-6,13-16,27-29H2. The van der Waals surface area contributed by atoms with Crippen molar-refractivity contribution >= 4 is 22.6 Å². The Morgan fingerprint density at radius 3 is 2.19 bits per heavy atom. The molecule has 3 aromatic carbocycles. The maximum Gasteiger partial charge on any atom is 0.0440 e.